The van der Waals surface area contributed by atoms with E-state index in [9.17, 15) is 0 Å². The van der Waals surface area contributed by atoms with Crippen molar-refractivity contribution in [2.45, 2.75) is 13.8 Å². The Hall–Kier alpha value is -0.0800. The fourth-order valence-electron chi connectivity index (χ4n) is 0.112. The molecule has 0 bridgehead atoms. The number of aliphatic hydroxyl groups is 1. The van der Waals surface area contributed by atoms with Crippen molar-refractivity contribution in [3.63, 3.8) is 0 Å². The summed E-state index contributed by atoms with van der Waals surface area (Å²) >= 11 is 0. The maximum Gasteiger partial charge on any atom is 0.0555 e. The lowest BCUT2D eigenvalue weighted by molar-refractivity contribution is 0.296. The Bertz CT molecular complexity index is 15.6. The Morgan fingerprint density at radius 2 is 1.86 bits per heavy atom. The number of nitrogens with one attached hydrogen (secondary N) is 1. The van der Waals surface area contributed by atoms with Gasteiger partial charge in [-0.25, -0.2) is 0 Å². The molecule has 0 aromatic heterocycles. The first-order valence-corrected chi connectivity index (χ1v) is 2.67. The van der Waals surface area contributed by atoms with Crippen LogP contribution in [0.15, 0.2) is 0 Å². The average Bonchev–Trinajstić information content (AvgIpc) is 1.75. The maximum absolute atomic E-state index is 8.00. The average molecular weight is 105 g/mol. The van der Waals surface area contributed by atoms with Crippen LogP contribution in [0.4, 0.5) is 0 Å². The van der Waals surface area contributed by atoms with Crippen LogP contribution >= 0.6 is 0 Å². The molecule has 0 saturated carbocycles. The van der Waals surface area contributed by atoms with Gasteiger partial charge in [0.25, 0.3) is 0 Å². The first kappa shape index (κ1) is 10.0. The molecule has 0 heterocycles. The molecule has 0 rings (SSSR count). The molecule has 2 nitrogen and oxygen atoms in total. The minimum Gasteiger partial charge on any atom is -0.395 e. The monoisotopic (exact) mass is 105 g/mol. The molecule has 0 fully saturated rings. The summed E-state index contributed by atoms with van der Waals surface area (Å²) < 4.78 is 0. The van der Waals surface area contributed by atoms with Crippen molar-refractivity contribution in [2.75, 3.05) is 20.2 Å². The van der Waals surface area contributed by atoms with Gasteiger partial charge in [0.05, 0.1) is 6.61 Å². The van der Waals surface area contributed by atoms with Crippen molar-refractivity contribution in [2.24, 2.45) is 0 Å². The molecule has 0 atom stereocenters. The molecule has 0 amide bonds. The molecule has 0 unspecified atom stereocenters. The van der Waals surface area contributed by atoms with E-state index in [1.54, 1.807) is 7.05 Å². The van der Waals surface area contributed by atoms with E-state index in [2.05, 4.69) is 5.32 Å². The van der Waals surface area contributed by atoms with Crippen LogP contribution in [-0.2, 0) is 0 Å². The fraction of sp³-hybridized carbons (Fsp3) is 1.00. The van der Waals surface area contributed by atoms with Crippen LogP contribution in [0.5, 0.6) is 0 Å². The Morgan fingerprint density at radius 1 is 1.43 bits per heavy atom. The summed E-state index contributed by atoms with van der Waals surface area (Å²) in [4.78, 5) is 0. The molecule has 2 heteroatoms. The van der Waals surface area contributed by atoms with Crippen molar-refractivity contribution in [1.29, 1.82) is 0 Å². The third kappa shape index (κ3) is 24.7. The van der Waals surface area contributed by atoms with Gasteiger partial charge in [-0.3, -0.25) is 0 Å². The third-order valence-electron chi connectivity index (χ3n) is 0.362. The quantitative estimate of drug-likeness (QED) is 0.526. The molecule has 0 spiro atoms. The zero-order chi connectivity index (χ0) is 6.12. The normalized spacial score (nSPS) is 6.86. The molecule has 7 heavy (non-hydrogen) atoms. The summed E-state index contributed by atoms with van der Waals surface area (Å²) in [5.74, 6) is 0. The van der Waals surface area contributed by atoms with E-state index >= 15 is 0 Å². The lowest BCUT2D eigenvalue weighted by Gasteiger charge is -1.84. The van der Waals surface area contributed by atoms with Crippen LogP contribution in [0.1, 0.15) is 13.8 Å². The largest absolute Gasteiger partial charge is 0.395 e. The van der Waals surface area contributed by atoms with Crippen LogP contribution < -0.4 is 5.32 Å². The number of rotatable bonds is 2. The van der Waals surface area contributed by atoms with E-state index in [0.29, 0.717) is 6.54 Å². The molecule has 0 aromatic rings. The van der Waals surface area contributed by atoms with Gasteiger partial charge >= 0.3 is 0 Å². The van der Waals surface area contributed by atoms with Crippen molar-refractivity contribution in [1.82, 2.24) is 5.32 Å². The topological polar surface area (TPSA) is 32.3 Å². The smallest absolute Gasteiger partial charge is 0.0555 e. The van der Waals surface area contributed by atoms with Crippen LogP contribution in [0, 0.1) is 0 Å². The SMILES string of the molecule is CC.CNCCO. The van der Waals surface area contributed by atoms with E-state index in [1.165, 1.54) is 0 Å². The van der Waals surface area contributed by atoms with Crippen LogP contribution in [0.25, 0.3) is 0 Å². The van der Waals surface area contributed by atoms with Gasteiger partial charge in [-0.2, -0.15) is 0 Å². The highest BCUT2D eigenvalue weighted by Crippen LogP contribution is 1.42. The zero-order valence-corrected chi connectivity index (χ0v) is 5.36. The van der Waals surface area contributed by atoms with Crippen molar-refractivity contribution in [3.8, 4) is 0 Å². The van der Waals surface area contributed by atoms with Gasteiger partial charge in [0.2, 0.25) is 0 Å². The van der Waals surface area contributed by atoms with Crippen molar-refractivity contribution >= 4 is 0 Å². The molecule has 46 valence electrons. The van der Waals surface area contributed by atoms with Gasteiger partial charge in [0, 0.05) is 6.54 Å². The van der Waals surface area contributed by atoms with Crippen molar-refractivity contribution < 1.29 is 5.11 Å². The summed E-state index contributed by atoms with van der Waals surface area (Å²) in [6, 6.07) is 0. The van der Waals surface area contributed by atoms with Gasteiger partial charge in [0.15, 0.2) is 0 Å². The number of likely N-dealkylation sites (N-methyl/N-ethyl adjacent to an activating group) is 1. The molecule has 0 aromatic carbocycles. The number of hydrogen-bond donors (Lipinski definition) is 2. The minimum absolute atomic E-state index is 0.233. The first-order valence-electron chi connectivity index (χ1n) is 2.67. The van der Waals surface area contributed by atoms with Crippen LogP contribution in [-0.4, -0.2) is 25.3 Å². The lowest BCUT2D eigenvalue weighted by Crippen LogP contribution is -2.10. The summed E-state index contributed by atoms with van der Waals surface area (Å²) in [7, 11) is 1.80. The number of hydrogen-bond acceptors (Lipinski definition) is 2. The standard InChI is InChI=1S/C3H9NO.C2H6/c1-4-2-3-5;1-2/h4-5H,2-3H2,1H3;1-2H3. The fourth-order valence-corrected chi connectivity index (χ4v) is 0.112. The predicted octanol–water partition coefficient (Wildman–Crippen LogP) is 0.224. The second-order valence-electron chi connectivity index (χ2n) is 0.827. The second-order valence-corrected chi connectivity index (χ2v) is 0.827. The Balaban J connectivity index is 0. The highest BCUT2D eigenvalue weighted by atomic mass is 16.3. The second kappa shape index (κ2) is 16.8. The molecule has 0 saturated heterocycles. The van der Waals surface area contributed by atoms with Gasteiger partial charge in [-0.1, -0.05) is 13.8 Å². The van der Waals surface area contributed by atoms with Gasteiger partial charge in [0.1, 0.15) is 0 Å². The van der Waals surface area contributed by atoms with Gasteiger partial charge < -0.3 is 10.4 Å². The molecule has 0 aliphatic rings. The van der Waals surface area contributed by atoms with Crippen LogP contribution in [0.3, 0.4) is 0 Å². The first-order chi connectivity index (χ1) is 3.41. The van der Waals surface area contributed by atoms with Crippen LogP contribution in [0.2, 0.25) is 0 Å². The highest BCUT2D eigenvalue weighted by molar-refractivity contribution is 4.27. The predicted molar refractivity (Wildman–Crippen MR) is 32.4 cm³/mol. The van der Waals surface area contributed by atoms with E-state index in [-0.39, 0.29) is 6.61 Å². The highest BCUT2D eigenvalue weighted by Gasteiger charge is 1.65. The summed E-state index contributed by atoms with van der Waals surface area (Å²) in [5, 5.41) is 10.8. The Labute approximate surface area is 45.5 Å². The zero-order valence-electron chi connectivity index (χ0n) is 5.36. The van der Waals surface area contributed by atoms with Crippen molar-refractivity contribution in [3.05, 3.63) is 0 Å². The van der Waals surface area contributed by atoms with Gasteiger partial charge in [-0.05, 0) is 7.05 Å². The molecule has 0 aliphatic heterocycles. The number of aliphatic hydroxyl groups excluding tert-OH is 1. The summed E-state index contributed by atoms with van der Waals surface area (Å²) in [5.41, 5.74) is 0. The lowest BCUT2D eigenvalue weighted by atomic mass is 10.7. The molecule has 2 N–H and O–H groups in total. The minimum atomic E-state index is 0.233. The van der Waals surface area contributed by atoms with E-state index in [4.69, 9.17) is 5.11 Å². The Kier molecular flexibility index (Phi) is 24.1. The Morgan fingerprint density at radius 3 is 1.86 bits per heavy atom. The molecule has 0 radical (unpaired) electrons. The molecule has 0 aliphatic carbocycles. The maximum atomic E-state index is 8.00. The van der Waals surface area contributed by atoms with E-state index < -0.39 is 0 Å². The molecular weight excluding hydrogens is 90.1 g/mol. The van der Waals surface area contributed by atoms with E-state index in [0.717, 1.165) is 0 Å². The summed E-state index contributed by atoms with van der Waals surface area (Å²) in [6.07, 6.45) is 0. The van der Waals surface area contributed by atoms with E-state index in [1.807, 2.05) is 13.8 Å². The summed E-state index contributed by atoms with van der Waals surface area (Å²) in [6.45, 7) is 4.93. The third-order valence-corrected chi connectivity index (χ3v) is 0.362. The molecular formula is C5H15NO. The van der Waals surface area contributed by atoms with Gasteiger partial charge in [-0.15, -0.1) is 0 Å².